The van der Waals surface area contributed by atoms with Crippen LogP contribution >= 0.6 is 0 Å². The zero-order valence-electron chi connectivity index (χ0n) is 7.35. The molecule has 0 aliphatic rings. The molecule has 0 unspecified atom stereocenters. The molecule has 0 bridgehead atoms. The van der Waals surface area contributed by atoms with Crippen molar-refractivity contribution in [2.24, 2.45) is 0 Å². The Balaban J connectivity index is 4.26. The van der Waals surface area contributed by atoms with Gasteiger partial charge in [0.2, 0.25) is 10.0 Å². The average Bonchev–Trinajstić information content (AvgIpc) is 1.81. The highest BCUT2D eigenvalue weighted by atomic mass is 32.2. The topological polar surface area (TPSA) is 46.2 Å². The van der Waals surface area contributed by atoms with Crippen LogP contribution in [-0.4, -0.2) is 19.7 Å². The van der Waals surface area contributed by atoms with Crippen molar-refractivity contribution in [2.75, 3.05) is 6.54 Å². The van der Waals surface area contributed by atoms with Gasteiger partial charge in [0.05, 0.1) is 4.75 Å². The third kappa shape index (κ3) is 3.20. The van der Waals surface area contributed by atoms with Gasteiger partial charge in [-0.2, -0.15) is 0 Å². The van der Waals surface area contributed by atoms with Crippen LogP contribution < -0.4 is 4.72 Å². The fraction of sp³-hybridized carbons (Fsp3) is 0.857. The highest BCUT2D eigenvalue weighted by molar-refractivity contribution is 7.90. The molecule has 11 heavy (non-hydrogen) atoms. The molecule has 0 aliphatic carbocycles. The molecular weight excluding hydrogens is 162 g/mol. The molecule has 1 N–H and O–H groups in total. The molecule has 0 aromatic rings. The van der Waals surface area contributed by atoms with Crippen LogP contribution in [0, 0.1) is 6.92 Å². The normalized spacial score (nSPS) is 13.5. The number of hydrogen-bond acceptors (Lipinski definition) is 2. The molecule has 0 spiro atoms. The molecule has 0 fully saturated rings. The lowest BCUT2D eigenvalue weighted by Crippen LogP contribution is -2.39. The summed E-state index contributed by atoms with van der Waals surface area (Å²) in [5.74, 6) is 0. The summed E-state index contributed by atoms with van der Waals surface area (Å²) < 4.78 is 24.3. The van der Waals surface area contributed by atoms with Crippen molar-refractivity contribution in [1.82, 2.24) is 4.72 Å². The summed E-state index contributed by atoms with van der Waals surface area (Å²) in [6.07, 6.45) is 0.579. The molecule has 3 nitrogen and oxygen atoms in total. The van der Waals surface area contributed by atoms with Gasteiger partial charge in [0.1, 0.15) is 0 Å². The monoisotopic (exact) mass is 178 g/mol. The Kier molecular flexibility index (Phi) is 3.51. The lowest BCUT2D eigenvalue weighted by molar-refractivity contribution is 0.545. The van der Waals surface area contributed by atoms with Crippen molar-refractivity contribution in [3.8, 4) is 0 Å². The van der Waals surface area contributed by atoms with Crippen LogP contribution in [-0.2, 0) is 10.0 Å². The van der Waals surface area contributed by atoms with Gasteiger partial charge >= 0.3 is 0 Å². The molecular formula is C7H16NO2S. The van der Waals surface area contributed by atoms with Crippen molar-refractivity contribution in [3.05, 3.63) is 6.92 Å². The fourth-order valence-electron chi connectivity index (χ4n) is 0.423. The minimum absolute atomic E-state index is 0.416. The van der Waals surface area contributed by atoms with E-state index in [-0.39, 0.29) is 0 Å². The van der Waals surface area contributed by atoms with Gasteiger partial charge in [0, 0.05) is 6.54 Å². The largest absolute Gasteiger partial charge is 0.216 e. The molecule has 0 aromatic heterocycles. The molecule has 0 atom stereocenters. The van der Waals surface area contributed by atoms with Crippen molar-refractivity contribution >= 4 is 10.0 Å². The average molecular weight is 178 g/mol. The maximum Gasteiger partial charge on any atom is 0.216 e. The molecule has 0 amide bonds. The highest BCUT2D eigenvalue weighted by Crippen LogP contribution is 2.12. The molecule has 0 aromatic carbocycles. The second-order valence-electron chi connectivity index (χ2n) is 3.36. The van der Waals surface area contributed by atoms with Gasteiger partial charge in [-0.15, -0.1) is 0 Å². The lowest BCUT2D eigenvalue weighted by Gasteiger charge is -2.19. The molecule has 0 rings (SSSR count). The van der Waals surface area contributed by atoms with Crippen LogP contribution in [0.15, 0.2) is 0 Å². The summed E-state index contributed by atoms with van der Waals surface area (Å²) in [6, 6.07) is 0. The van der Waals surface area contributed by atoms with E-state index in [4.69, 9.17) is 0 Å². The van der Waals surface area contributed by atoms with Crippen molar-refractivity contribution in [2.45, 2.75) is 31.9 Å². The van der Waals surface area contributed by atoms with Gasteiger partial charge in [-0.25, -0.2) is 13.1 Å². The first-order valence-corrected chi connectivity index (χ1v) is 5.08. The number of rotatable bonds is 3. The Morgan fingerprint density at radius 3 is 2.09 bits per heavy atom. The first-order valence-electron chi connectivity index (χ1n) is 3.60. The molecule has 4 heteroatoms. The Labute approximate surface area is 69.2 Å². The van der Waals surface area contributed by atoms with Crippen LogP contribution in [0.4, 0.5) is 0 Å². The first-order chi connectivity index (χ1) is 4.81. The van der Waals surface area contributed by atoms with Crippen LogP contribution in [0.2, 0.25) is 0 Å². The van der Waals surface area contributed by atoms with E-state index in [9.17, 15) is 8.42 Å². The van der Waals surface area contributed by atoms with Gasteiger partial charge < -0.3 is 0 Å². The van der Waals surface area contributed by atoms with Crippen LogP contribution in [0.5, 0.6) is 0 Å². The van der Waals surface area contributed by atoms with E-state index in [1.165, 1.54) is 0 Å². The van der Waals surface area contributed by atoms with Crippen LogP contribution in [0.1, 0.15) is 27.2 Å². The Morgan fingerprint density at radius 2 is 1.82 bits per heavy atom. The van der Waals surface area contributed by atoms with E-state index in [1.54, 1.807) is 20.8 Å². The zero-order chi connectivity index (χ0) is 9.12. The number of sulfonamides is 1. The van der Waals surface area contributed by atoms with Gasteiger partial charge in [0.15, 0.2) is 0 Å². The Morgan fingerprint density at radius 1 is 1.36 bits per heavy atom. The van der Waals surface area contributed by atoms with Gasteiger partial charge in [0.25, 0.3) is 0 Å². The number of hydrogen-bond donors (Lipinski definition) is 1. The molecule has 1 radical (unpaired) electrons. The molecule has 67 valence electrons. The van der Waals surface area contributed by atoms with E-state index in [0.29, 0.717) is 13.0 Å². The first kappa shape index (κ1) is 10.9. The van der Waals surface area contributed by atoms with E-state index < -0.39 is 14.8 Å². The van der Waals surface area contributed by atoms with E-state index in [1.807, 2.05) is 0 Å². The smallest absolute Gasteiger partial charge is 0.215 e. The highest BCUT2D eigenvalue weighted by Gasteiger charge is 2.27. The molecule has 0 saturated carbocycles. The Hall–Kier alpha value is -0.0900. The van der Waals surface area contributed by atoms with Crippen LogP contribution in [0.25, 0.3) is 0 Å². The summed E-state index contributed by atoms with van der Waals surface area (Å²) in [7, 11) is -3.15. The Bertz CT molecular complexity index is 201. The minimum Gasteiger partial charge on any atom is -0.215 e. The lowest BCUT2D eigenvalue weighted by atomic mass is 10.3. The zero-order valence-corrected chi connectivity index (χ0v) is 8.16. The van der Waals surface area contributed by atoms with E-state index >= 15 is 0 Å². The van der Waals surface area contributed by atoms with Crippen molar-refractivity contribution in [3.63, 3.8) is 0 Å². The van der Waals surface area contributed by atoms with Gasteiger partial charge in [-0.3, -0.25) is 0 Å². The number of nitrogens with one attached hydrogen (secondary N) is 1. The van der Waals surface area contributed by atoms with Gasteiger partial charge in [-0.05, 0) is 27.2 Å². The quantitative estimate of drug-likeness (QED) is 0.698. The fourth-order valence-corrected chi connectivity index (χ4v) is 1.27. The van der Waals surface area contributed by atoms with Crippen molar-refractivity contribution < 1.29 is 8.42 Å². The van der Waals surface area contributed by atoms with E-state index in [2.05, 4.69) is 11.6 Å². The van der Waals surface area contributed by atoms with Gasteiger partial charge in [-0.1, -0.05) is 6.92 Å². The summed E-state index contributed by atoms with van der Waals surface area (Å²) in [4.78, 5) is 0. The van der Waals surface area contributed by atoms with Crippen LogP contribution in [0.3, 0.4) is 0 Å². The maximum atomic E-state index is 11.3. The maximum absolute atomic E-state index is 11.3. The van der Waals surface area contributed by atoms with Crippen molar-refractivity contribution in [1.29, 1.82) is 0 Å². The minimum atomic E-state index is -3.15. The second kappa shape index (κ2) is 3.54. The summed E-state index contributed by atoms with van der Waals surface area (Å²) in [5, 5.41) is 0. The SMILES string of the molecule is [CH2]CCNS(=O)(=O)C(C)(C)C. The predicted molar refractivity (Wildman–Crippen MR) is 46.6 cm³/mol. The van der Waals surface area contributed by atoms with E-state index in [0.717, 1.165) is 0 Å². The molecule has 0 saturated heterocycles. The third-order valence-corrected chi connectivity index (χ3v) is 3.47. The second-order valence-corrected chi connectivity index (χ2v) is 5.88. The summed E-state index contributed by atoms with van der Waals surface area (Å²) in [6.45, 7) is 8.96. The predicted octanol–water partition coefficient (Wildman–Crippen LogP) is 0.928. The summed E-state index contributed by atoms with van der Waals surface area (Å²) >= 11 is 0. The molecule has 0 aliphatic heterocycles. The standard InChI is InChI=1S/C7H16NO2S/c1-5-6-8-11(9,10)7(2,3)4/h8H,1,5-6H2,2-4H3. The third-order valence-electron chi connectivity index (χ3n) is 1.28. The molecule has 0 heterocycles. The summed E-state index contributed by atoms with van der Waals surface area (Å²) in [5.41, 5.74) is 0.